The van der Waals surface area contributed by atoms with E-state index in [0.29, 0.717) is 0 Å². The monoisotopic (exact) mass is 1060 g/mol. The van der Waals surface area contributed by atoms with E-state index in [1.807, 2.05) is 17.4 Å². The molecule has 0 atom stereocenters. The summed E-state index contributed by atoms with van der Waals surface area (Å²) in [5, 5.41) is 12.1. The van der Waals surface area contributed by atoms with Gasteiger partial charge in [0.1, 0.15) is 11.2 Å². The molecule has 384 valence electrons. The Kier molecular flexibility index (Phi) is 10.4. The Morgan fingerprint density at radius 3 is 1.76 bits per heavy atom. The molecule has 0 aliphatic carbocycles. The molecule has 0 N–H and O–H groups in total. The zero-order valence-corrected chi connectivity index (χ0v) is 45.1. The van der Waals surface area contributed by atoms with E-state index in [1.165, 1.54) is 63.5 Å². The van der Waals surface area contributed by atoms with Gasteiger partial charge in [-0.25, -0.2) is 0 Å². The van der Waals surface area contributed by atoms with Gasteiger partial charge in [0.25, 0.3) is 0 Å². The standard InChI is InChI=1S/C76H48N4OS/c1-4-19-51(20-5-1)77(55-38-43-68-66(47-55)74-69(44-42-64-62-28-14-17-31-73(62)82-76(64)74)79(68)56-39-45-72-65(46-56)61-27-13-16-30-71(61)81-72)54-35-32-50(33-36-54)58-25-12-15-29-67(58)78(52-21-6-2-7-22-52)57-37-41-60-63-40-34-49-18-10-11-26-59(49)75(63)80(70(60)48-57)53-23-8-3-9-24-53/h1-48H. The zero-order chi connectivity index (χ0) is 53.8. The predicted octanol–water partition coefficient (Wildman–Crippen LogP) is 21.9. The van der Waals surface area contributed by atoms with Gasteiger partial charge in [0.15, 0.2) is 0 Å². The van der Waals surface area contributed by atoms with Crippen LogP contribution in [0.1, 0.15) is 0 Å². The maximum absolute atomic E-state index is 6.33. The Morgan fingerprint density at radius 2 is 0.927 bits per heavy atom. The third kappa shape index (κ3) is 7.18. The minimum atomic E-state index is 0.886. The average Bonchev–Trinajstić information content (AvgIpc) is 4.49. The van der Waals surface area contributed by atoms with Crippen LogP contribution in [-0.2, 0) is 0 Å². The van der Waals surface area contributed by atoms with E-state index >= 15 is 0 Å². The molecule has 0 aliphatic rings. The second kappa shape index (κ2) is 18.5. The third-order valence-electron chi connectivity index (χ3n) is 16.7. The summed E-state index contributed by atoms with van der Waals surface area (Å²) in [4.78, 5) is 4.81. The molecular formula is C76H48N4OS. The van der Waals surface area contributed by atoms with Gasteiger partial charge < -0.3 is 23.4 Å². The molecule has 6 heteroatoms. The van der Waals surface area contributed by atoms with Gasteiger partial charge >= 0.3 is 0 Å². The summed E-state index contributed by atoms with van der Waals surface area (Å²) in [6.07, 6.45) is 0. The molecular weight excluding hydrogens is 1020 g/mol. The van der Waals surface area contributed by atoms with Crippen molar-refractivity contribution in [1.82, 2.24) is 9.13 Å². The summed E-state index contributed by atoms with van der Waals surface area (Å²) in [6.45, 7) is 0. The fourth-order valence-electron chi connectivity index (χ4n) is 13.0. The maximum Gasteiger partial charge on any atom is 0.135 e. The second-order valence-corrected chi connectivity index (χ2v) is 22.3. The van der Waals surface area contributed by atoms with Crippen LogP contribution in [0, 0.1) is 0 Å². The Hall–Kier alpha value is -10.7. The number of anilines is 6. The van der Waals surface area contributed by atoms with Crippen LogP contribution in [0.25, 0.3) is 119 Å². The molecule has 0 aliphatic heterocycles. The van der Waals surface area contributed by atoms with Crippen molar-refractivity contribution in [3.8, 4) is 22.5 Å². The van der Waals surface area contributed by atoms with Crippen molar-refractivity contribution < 1.29 is 4.42 Å². The van der Waals surface area contributed by atoms with Gasteiger partial charge in [-0.05, 0) is 132 Å². The molecule has 0 unspecified atom stereocenters. The van der Waals surface area contributed by atoms with Crippen LogP contribution in [0.2, 0.25) is 0 Å². The molecule has 0 bridgehead atoms. The van der Waals surface area contributed by atoms with E-state index in [0.717, 1.165) is 89.6 Å². The summed E-state index contributed by atoms with van der Waals surface area (Å²) >= 11 is 1.88. The molecule has 0 amide bonds. The highest BCUT2D eigenvalue weighted by atomic mass is 32.1. The number of benzene rings is 13. The lowest BCUT2D eigenvalue weighted by atomic mass is 10.0. The van der Waals surface area contributed by atoms with Crippen LogP contribution in [0.5, 0.6) is 0 Å². The summed E-state index contributed by atoms with van der Waals surface area (Å²) in [7, 11) is 0. The van der Waals surface area contributed by atoms with E-state index in [9.17, 15) is 0 Å². The van der Waals surface area contributed by atoms with Crippen LogP contribution < -0.4 is 9.80 Å². The molecule has 0 saturated heterocycles. The van der Waals surface area contributed by atoms with Gasteiger partial charge in [-0.3, -0.25) is 0 Å². The first-order valence-electron chi connectivity index (χ1n) is 27.9. The largest absolute Gasteiger partial charge is 0.456 e. The smallest absolute Gasteiger partial charge is 0.135 e. The normalized spacial score (nSPS) is 11.9. The van der Waals surface area contributed by atoms with Gasteiger partial charge in [-0.1, -0.05) is 170 Å². The summed E-state index contributed by atoms with van der Waals surface area (Å²) in [5.41, 5.74) is 17.4. The number of hydrogen-bond donors (Lipinski definition) is 0. The Morgan fingerprint density at radius 1 is 0.317 bits per heavy atom. The first-order chi connectivity index (χ1) is 40.7. The van der Waals surface area contributed by atoms with Crippen molar-refractivity contribution in [3.63, 3.8) is 0 Å². The number of thiophene rings is 1. The molecule has 17 rings (SSSR count). The molecule has 0 saturated carbocycles. The van der Waals surface area contributed by atoms with Gasteiger partial charge in [-0.2, -0.15) is 0 Å². The van der Waals surface area contributed by atoms with E-state index in [1.54, 1.807) is 0 Å². The van der Waals surface area contributed by atoms with Crippen molar-refractivity contribution in [2.75, 3.05) is 9.80 Å². The van der Waals surface area contributed by atoms with Crippen molar-refractivity contribution in [3.05, 3.63) is 291 Å². The number of hydrogen-bond acceptors (Lipinski definition) is 4. The lowest BCUT2D eigenvalue weighted by Gasteiger charge is -2.28. The van der Waals surface area contributed by atoms with Crippen LogP contribution in [0.15, 0.2) is 296 Å². The van der Waals surface area contributed by atoms with E-state index in [4.69, 9.17) is 4.42 Å². The van der Waals surface area contributed by atoms with Crippen LogP contribution in [0.4, 0.5) is 34.1 Å². The minimum absolute atomic E-state index is 0.886. The van der Waals surface area contributed by atoms with Gasteiger partial charge in [-0.15, -0.1) is 11.3 Å². The number of para-hydroxylation sites is 5. The molecule has 5 nitrogen and oxygen atoms in total. The Labute approximate surface area is 476 Å². The number of furan rings is 1. The number of aromatic nitrogens is 2. The SMILES string of the molecule is c1ccc(N(c2ccc(-c3ccccc3N(c3ccccc3)c3ccc4c5ccc6ccccc6c5n(-c5ccccc5)c4c3)cc2)c2ccc3c(c2)c2c4sc5ccccc5c4ccc2n3-c2ccc3oc4ccccc4c3c2)cc1. The lowest BCUT2D eigenvalue weighted by Crippen LogP contribution is -2.11. The van der Waals surface area contributed by atoms with Gasteiger partial charge in [0.05, 0.1) is 27.8 Å². The highest BCUT2D eigenvalue weighted by Gasteiger charge is 2.24. The summed E-state index contributed by atoms with van der Waals surface area (Å²) in [6, 6.07) is 106. The van der Waals surface area contributed by atoms with Crippen LogP contribution >= 0.6 is 11.3 Å². The minimum Gasteiger partial charge on any atom is -0.456 e. The van der Waals surface area contributed by atoms with Crippen LogP contribution in [-0.4, -0.2) is 9.13 Å². The van der Waals surface area contributed by atoms with Crippen molar-refractivity contribution in [1.29, 1.82) is 0 Å². The number of nitrogens with zero attached hydrogens (tertiary/aromatic N) is 4. The Balaban J connectivity index is 0.817. The first kappa shape index (κ1) is 46.3. The van der Waals surface area contributed by atoms with Crippen molar-refractivity contribution in [2.24, 2.45) is 0 Å². The topological polar surface area (TPSA) is 29.5 Å². The molecule has 13 aromatic carbocycles. The second-order valence-electron chi connectivity index (χ2n) is 21.2. The van der Waals surface area contributed by atoms with E-state index < -0.39 is 0 Å². The molecule has 4 aromatic heterocycles. The maximum atomic E-state index is 6.33. The fourth-order valence-corrected chi connectivity index (χ4v) is 14.3. The molecule has 0 spiro atoms. The van der Waals surface area contributed by atoms with Gasteiger partial charge in [0.2, 0.25) is 0 Å². The van der Waals surface area contributed by atoms with Gasteiger partial charge in [0, 0.05) is 103 Å². The average molecular weight is 1070 g/mol. The lowest BCUT2D eigenvalue weighted by molar-refractivity contribution is 0.669. The summed E-state index contributed by atoms with van der Waals surface area (Å²) < 4.78 is 13.8. The van der Waals surface area contributed by atoms with Crippen molar-refractivity contribution in [2.45, 2.75) is 0 Å². The van der Waals surface area contributed by atoms with Crippen molar-refractivity contribution >= 4 is 142 Å². The highest BCUT2D eigenvalue weighted by molar-refractivity contribution is 7.26. The molecule has 17 aromatic rings. The molecule has 4 heterocycles. The fraction of sp³-hybridized carbons (Fsp3) is 0. The zero-order valence-electron chi connectivity index (χ0n) is 44.3. The predicted molar refractivity (Wildman–Crippen MR) is 348 cm³/mol. The molecule has 0 fully saturated rings. The molecule has 0 radical (unpaired) electrons. The van der Waals surface area contributed by atoms with E-state index in [-0.39, 0.29) is 0 Å². The number of fused-ring (bicyclic) bond motifs is 15. The Bertz CT molecular complexity index is 5350. The summed E-state index contributed by atoms with van der Waals surface area (Å²) in [5.74, 6) is 0. The third-order valence-corrected chi connectivity index (χ3v) is 17.9. The highest BCUT2D eigenvalue weighted by Crippen LogP contribution is 2.48. The quantitative estimate of drug-likeness (QED) is 0.144. The molecule has 82 heavy (non-hydrogen) atoms. The first-order valence-corrected chi connectivity index (χ1v) is 28.7. The van der Waals surface area contributed by atoms with Crippen LogP contribution in [0.3, 0.4) is 0 Å². The van der Waals surface area contributed by atoms with E-state index in [2.05, 4.69) is 304 Å². The number of rotatable bonds is 9.